The number of carbonyl (C=O) groups is 1. The second-order valence-corrected chi connectivity index (χ2v) is 6.65. The van der Waals surface area contributed by atoms with E-state index in [4.69, 9.17) is 0 Å². The van der Waals surface area contributed by atoms with Crippen LogP contribution in [0.25, 0.3) is 5.65 Å². The monoisotopic (exact) mass is 350 g/mol. The summed E-state index contributed by atoms with van der Waals surface area (Å²) in [6.45, 7) is 5.62. The number of hydrogen-bond acceptors (Lipinski definition) is 3. The van der Waals surface area contributed by atoms with Gasteiger partial charge in [-0.25, -0.2) is 9.50 Å². The van der Waals surface area contributed by atoms with E-state index in [0.29, 0.717) is 18.9 Å². The summed E-state index contributed by atoms with van der Waals surface area (Å²) in [5.74, 6) is 0.760. The Morgan fingerprint density at radius 2 is 2.29 bits per heavy atom. The Morgan fingerprint density at radius 3 is 3.05 bits per heavy atom. The fourth-order valence-electron chi connectivity index (χ4n) is 3.05. The highest BCUT2D eigenvalue weighted by atomic mass is 79.9. The maximum atomic E-state index is 12.2. The number of aryl methyl sites for hydroxylation is 1. The number of amides is 1. The van der Waals surface area contributed by atoms with Crippen molar-refractivity contribution in [3.63, 3.8) is 0 Å². The van der Waals surface area contributed by atoms with E-state index >= 15 is 0 Å². The first-order valence-corrected chi connectivity index (χ1v) is 8.15. The Morgan fingerprint density at radius 1 is 1.48 bits per heavy atom. The number of likely N-dealkylation sites (tertiary alicyclic amines) is 1. The van der Waals surface area contributed by atoms with Crippen molar-refractivity contribution in [1.82, 2.24) is 19.5 Å². The normalized spacial score (nSPS) is 18.9. The van der Waals surface area contributed by atoms with Crippen LogP contribution < -0.4 is 0 Å². The van der Waals surface area contributed by atoms with Crippen molar-refractivity contribution in [2.75, 3.05) is 6.54 Å². The SMILES string of the molecule is CCCC1CC(=O)N(Cc2c(C)nn3cc(Br)cnc23)C1. The smallest absolute Gasteiger partial charge is 0.223 e. The summed E-state index contributed by atoms with van der Waals surface area (Å²) in [5, 5.41) is 4.48. The molecule has 0 aromatic carbocycles. The zero-order valence-electron chi connectivity index (χ0n) is 12.3. The summed E-state index contributed by atoms with van der Waals surface area (Å²) in [7, 11) is 0. The molecular formula is C15H19BrN4O. The third-order valence-electron chi connectivity index (χ3n) is 4.08. The van der Waals surface area contributed by atoms with Crippen LogP contribution in [-0.4, -0.2) is 31.9 Å². The summed E-state index contributed by atoms with van der Waals surface area (Å²) >= 11 is 3.40. The summed E-state index contributed by atoms with van der Waals surface area (Å²) in [5.41, 5.74) is 2.82. The molecule has 0 aliphatic carbocycles. The van der Waals surface area contributed by atoms with E-state index in [9.17, 15) is 4.79 Å². The number of hydrogen-bond donors (Lipinski definition) is 0. The second-order valence-electron chi connectivity index (χ2n) is 5.74. The maximum Gasteiger partial charge on any atom is 0.223 e. The molecule has 6 heteroatoms. The highest BCUT2D eigenvalue weighted by Gasteiger charge is 2.30. The molecule has 1 aliphatic heterocycles. The van der Waals surface area contributed by atoms with Crippen LogP contribution in [0.4, 0.5) is 0 Å². The van der Waals surface area contributed by atoms with Gasteiger partial charge in [0.05, 0.1) is 16.7 Å². The van der Waals surface area contributed by atoms with Crippen LogP contribution >= 0.6 is 15.9 Å². The minimum Gasteiger partial charge on any atom is -0.338 e. The first kappa shape index (κ1) is 14.5. The predicted octanol–water partition coefficient (Wildman–Crippen LogP) is 2.95. The van der Waals surface area contributed by atoms with Gasteiger partial charge in [-0.2, -0.15) is 5.10 Å². The summed E-state index contributed by atoms with van der Waals surface area (Å²) in [6.07, 6.45) is 6.61. The van der Waals surface area contributed by atoms with Crippen molar-refractivity contribution in [2.24, 2.45) is 5.92 Å². The fourth-order valence-corrected chi connectivity index (χ4v) is 3.35. The van der Waals surface area contributed by atoms with Crippen molar-refractivity contribution < 1.29 is 4.79 Å². The van der Waals surface area contributed by atoms with Gasteiger partial charge in [0, 0.05) is 30.9 Å². The number of nitrogens with zero attached hydrogens (tertiary/aromatic N) is 4. The highest BCUT2D eigenvalue weighted by molar-refractivity contribution is 9.10. The largest absolute Gasteiger partial charge is 0.338 e. The molecule has 3 rings (SSSR count). The minimum absolute atomic E-state index is 0.254. The van der Waals surface area contributed by atoms with E-state index in [1.807, 2.05) is 18.0 Å². The maximum absolute atomic E-state index is 12.2. The van der Waals surface area contributed by atoms with Gasteiger partial charge in [0.1, 0.15) is 0 Å². The number of fused-ring (bicyclic) bond motifs is 1. The molecule has 1 saturated heterocycles. The lowest BCUT2D eigenvalue weighted by Crippen LogP contribution is -2.25. The average molecular weight is 351 g/mol. The van der Waals surface area contributed by atoms with Crippen molar-refractivity contribution in [3.05, 3.63) is 28.1 Å². The Hall–Kier alpha value is -1.43. The van der Waals surface area contributed by atoms with E-state index < -0.39 is 0 Å². The van der Waals surface area contributed by atoms with Gasteiger partial charge in [-0.3, -0.25) is 4.79 Å². The van der Waals surface area contributed by atoms with Gasteiger partial charge >= 0.3 is 0 Å². The van der Waals surface area contributed by atoms with Crippen LogP contribution in [-0.2, 0) is 11.3 Å². The third kappa shape index (κ3) is 2.81. The molecule has 5 nitrogen and oxygen atoms in total. The zero-order valence-corrected chi connectivity index (χ0v) is 13.9. The standard InChI is InChI=1S/C15H19BrN4O/c1-3-4-11-5-14(21)19(7-11)9-13-10(2)18-20-8-12(16)6-17-15(13)20/h6,8,11H,3-5,7,9H2,1-2H3. The van der Waals surface area contributed by atoms with Gasteiger partial charge in [-0.1, -0.05) is 13.3 Å². The molecule has 0 saturated carbocycles. The summed E-state index contributed by atoms with van der Waals surface area (Å²) < 4.78 is 2.67. The zero-order chi connectivity index (χ0) is 15.0. The molecule has 0 N–H and O–H groups in total. The third-order valence-corrected chi connectivity index (χ3v) is 4.49. The van der Waals surface area contributed by atoms with Crippen molar-refractivity contribution in [3.8, 4) is 0 Å². The van der Waals surface area contributed by atoms with E-state index in [2.05, 4.69) is 32.9 Å². The average Bonchev–Trinajstić information content (AvgIpc) is 2.91. The van der Waals surface area contributed by atoms with Crippen LogP contribution in [0.5, 0.6) is 0 Å². The Balaban J connectivity index is 1.85. The first-order valence-electron chi connectivity index (χ1n) is 7.35. The lowest BCUT2D eigenvalue weighted by Gasteiger charge is -2.16. The molecule has 112 valence electrons. The van der Waals surface area contributed by atoms with Crippen LogP contribution in [0.1, 0.15) is 37.4 Å². The quantitative estimate of drug-likeness (QED) is 0.851. The number of carbonyl (C=O) groups excluding carboxylic acids is 1. The van der Waals surface area contributed by atoms with Gasteiger partial charge in [0.25, 0.3) is 0 Å². The molecule has 1 amide bonds. The number of aromatic nitrogens is 3. The van der Waals surface area contributed by atoms with Gasteiger partial charge in [-0.05, 0) is 35.2 Å². The molecule has 0 spiro atoms. The van der Waals surface area contributed by atoms with E-state index in [1.165, 1.54) is 0 Å². The molecule has 1 unspecified atom stereocenters. The molecule has 1 atom stereocenters. The van der Waals surface area contributed by atoms with Crippen molar-refractivity contribution >= 4 is 27.5 Å². The predicted molar refractivity (Wildman–Crippen MR) is 83.9 cm³/mol. The molecular weight excluding hydrogens is 332 g/mol. The molecule has 0 radical (unpaired) electrons. The minimum atomic E-state index is 0.254. The molecule has 21 heavy (non-hydrogen) atoms. The Bertz CT molecular complexity index is 682. The van der Waals surface area contributed by atoms with Gasteiger partial charge in [0.15, 0.2) is 5.65 Å². The van der Waals surface area contributed by atoms with Gasteiger partial charge in [0.2, 0.25) is 5.91 Å². The summed E-state index contributed by atoms with van der Waals surface area (Å²) in [4.78, 5) is 18.6. The number of rotatable bonds is 4. The Kier molecular flexibility index (Phi) is 3.97. The highest BCUT2D eigenvalue weighted by Crippen LogP contribution is 2.26. The molecule has 1 fully saturated rings. The van der Waals surface area contributed by atoms with Gasteiger partial charge < -0.3 is 4.90 Å². The van der Waals surface area contributed by atoms with E-state index in [0.717, 1.165) is 40.8 Å². The molecule has 0 bridgehead atoms. The van der Waals surface area contributed by atoms with Crippen LogP contribution in [0, 0.1) is 12.8 Å². The lowest BCUT2D eigenvalue weighted by atomic mass is 10.0. The van der Waals surface area contributed by atoms with E-state index in [-0.39, 0.29) is 5.91 Å². The molecule has 2 aromatic rings. The van der Waals surface area contributed by atoms with Crippen LogP contribution in [0.3, 0.4) is 0 Å². The van der Waals surface area contributed by atoms with Crippen LogP contribution in [0.15, 0.2) is 16.9 Å². The topological polar surface area (TPSA) is 50.5 Å². The summed E-state index contributed by atoms with van der Waals surface area (Å²) in [6, 6.07) is 0. The second kappa shape index (κ2) is 5.75. The number of halogens is 1. The lowest BCUT2D eigenvalue weighted by molar-refractivity contribution is -0.128. The molecule has 3 heterocycles. The molecule has 1 aliphatic rings. The van der Waals surface area contributed by atoms with Gasteiger partial charge in [-0.15, -0.1) is 0 Å². The molecule has 2 aromatic heterocycles. The first-order chi connectivity index (χ1) is 10.1. The van der Waals surface area contributed by atoms with Crippen LogP contribution in [0.2, 0.25) is 0 Å². The fraction of sp³-hybridized carbons (Fsp3) is 0.533. The Labute approximate surface area is 132 Å². The van der Waals surface area contributed by atoms with Crippen molar-refractivity contribution in [2.45, 2.75) is 39.7 Å². The van der Waals surface area contributed by atoms with E-state index in [1.54, 1.807) is 10.7 Å². The van der Waals surface area contributed by atoms with Crippen molar-refractivity contribution in [1.29, 1.82) is 0 Å².